The van der Waals surface area contributed by atoms with E-state index >= 15 is 0 Å². The number of urea groups is 1. The molecule has 0 fully saturated rings. The van der Waals surface area contributed by atoms with Crippen LogP contribution in [-0.2, 0) is 5.60 Å². The summed E-state index contributed by atoms with van der Waals surface area (Å²) in [7, 11) is 1.45. The predicted octanol–water partition coefficient (Wildman–Crippen LogP) is 3.27. The number of ether oxygens (including phenoxy) is 1. The molecular formula is C17H17F3N2O3. The average Bonchev–Trinajstić information content (AvgIpc) is 2.59. The maximum atomic E-state index is 13.3. The van der Waals surface area contributed by atoms with E-state index in [1.54, 1.807) is 18.2 Å². The molecule has 3 N–H and O–H groups in total. The van der Waals surface area contributed by atoms with Crippen LogP contribution in [0.15, 0.2) is 54.6 Å². The second-order valence-corrected chi connectivity index (χ2v) is 5.26. The highest BCUT2D eigenvalue weighted by atomic mass is 19.4. The van der Waals surface area contributed by atoms with Crippen LogP contribution >= 0.6 is 0 Å². The molecule has 0 saturated carbocycles. The van der Waals surface area contributed by atoms with Crippen LogP contribution in [0.4, 0.5) is 23.7 Å². The fourth-order valence-corrected chi connectivity index (χ4v) is 2.16. The minimum atomic E-state index is -4.96. The summed E-state index contributed by atoms with van der Waals surface area (Å²) in [6.07, 6.45) is -4.96. The molecule has 0 bridgehead atoms. The second-order valence-electron chi connectivity index (χ2n) is 5.26. The number of halogens is 3. The lowest BCUT2D eigenvalue weighted by atomic mass is 9.93. The Labute approximate surface area is 142 Å². The van der Waals surface area contributed by atoms with Crippen molar-refractivity contribution in [2.75, 3.05) is 19.0 Å². The highest BCUT2D eigenvalue weighted by Crippen LogP contribution is 2.38. The zero-order valence-corrected chi connectivity index (χ0v) is 13.3. The van der Waals surface area contributed by atoms with Crippen molar-refractivity contribution < 1.29 is 27.8 Å². The molecule has 1 atom stereocenters. The number of nitrogens with one attached hydrogen (secondary N) is 2. The monoisotopic (exact) mass is 354 g/mol. The number of anilines is 1. The molecule has 0 unspecified atom stereocenters. The zero-order valence-electron chi connectivity index (χ0n) is 13.3. The highest BCUT2D eigenvalue weighted by Gasteiger charge is 2.55. The quantitative estimate of drug-likeness (QED) is 0.772. The van der Waals surface area contributed by atoms with E-state index < -0.39 is 24.4 Å². The van der Waals surface area contributed by atoms with Gasteiger partial charge in [-0.25, -0.2) is 4.79 Å². The Bertz CT molecular complexity index is 723. The number of amides is 2. The van der Waals surface area contributed by atoms with Crippen molar-refractivity contribution in [1.82, 2.24) is 5.32 Å². The van der Waals surface area contributed by atoms with E-state index in [9.17, 15) is 23.1 Å². The van der Waals surface area contributed by atoms with Crippen molar-refractivity contribution in [1.29, 1.82) is 0 Å². The average molecular weight is 354 g/mol. The van der Waals surface area contributed by atoms with Gasteiger partial charge in [0.05, 0.1) is 13.7 Å². The van der Waals surface area contributed by atoms with Crippen molar-refractivity contribution in [3.63, 3.8) is 0 Å². The Morgan fingerprint density at radius 1 is 1.12 bits per heavy atom. The molecule has 0 radical (unpaired) electrons. The summed E-state index contributed by atoms with van der Waals surface area (Å²) in [6, 6.07) is 12.0. The minimum Gasteiger partial charge on any atom is -0.497 e. The minimum absolute atomic E-state index is 0.340. The van der Waals surface area contributed by atoms with E-state index in [0.29, 0.717) is 11.4 Å². The molecule has 5 nitrogen and oxygen atoms in total. The van der Waals surface area contributed by atoms with Crippen LogP contribution in [0.5, 0.6) is 5.75 Å². The maximum Gasteiger partial charge on any atom is 0.423 e. The van der Waals surface area contributed by atoms with Crippen LogP contribution in [0.1, 0.15) is 5.56 Å². The predicted molar refractivity (Wildman–Crippen MR) is 86.4 cm³/mol. The molecule has 0 heterocycles. The summed E-state index contributed by atoms with van der Waals surface area (Å²) < 4.78 is 45.0. The Morgan fingerprint density at radius 3 is 2.40 bits per heavy atom. The number of carbonyl (C=O) groups is 1. The third kappa shape index (κ3) is 4.42. The fourth-order valence-electron chi connectivity index (χ4n) is 2.16. The van der Waals surface area contributed by atoms with Crippen LogP contribution in [0.25, 0.3) is 0 Å². The van der Waals surface area contributed by atoms with E-state index in [1.165, 1.54) is 31.4 Å². The number of benzene rings is 2. The second kappa shape index (κ2) is 7.43. The Morgan fingerprint density at radius 2 is 1.80 bits per heavy atom. The molecule has 0 aliphatic rings. The third-order valence-corrected chi connectivity index (χ3v) is 3.55. The van der Waals surface area contributed by atoms with Crippen molar-refractivity contribution in [3.05, 3.63) is 60.2 Å². The van der Waals surface area contributed by atoms with Crippen molar-refractivity contribution in [3.8, 4) is 5.75 Å². The van der Waals surface area contributed by atoms with Gasteiger partial charge in [0.25, 0.3) is 0 Å². The van der Waals surface area contributed by atoms with Crippen molar-refractivity contribution >= 4 is 11.7 Å². The summed E-state index contributed by atoms with van der Waals surface area (Å²) in [5.41, 5.74) is -3.21. The molecule has 2 aromatic carbocycles. The number of carbonyl (C=O) groups excluding carboxylic acids is 1. The van der Waals surface area contributed by atoms with E-state index in [1.807, 2.05) is 0 Å². The molecule has 2 rings (SSSR count). The van der Waals surface area contributed by atoms with Gasteiger partial charge in [-0.15, -0.1) is 0 Å². The molecule has 0 aliphatic heterocycles. The lowest BCUT2D eigenvalue weighted by Gasteiger charge is -2.31. The summed E-state index contributed by atoms with van der Waals surface area (Å²) in [5, 5.41) is 14.6. The first-order valence-corrected chi connectivity index (χ1v) is 7.30. The van der Waals surface area contributed by atoms with Gasteiger partial charge in [0.15, 0.2) is 0 Å². The summed E-state index contributed by atoms with van der Waals surface area (Å²) in [6.45, 7) is -1.03. The largest absolute Gasteiger partial charge is 0.497 e. The normalized spacial score (nSPS) is 13.6. The molecule has 0 spiro atoms. The number of hydrogen-bond acceptors (Lipinski definition) is 3. The maximum absolute atomic E-state index is 13.3. The molecule has 134 valence electrons. The van der Waals surface area contributed by atoms with Crippen LogP contribution < -0.4 is 15.4 Å². The van der Waals surface area contributed by atoms with Crippen molar-refractivity contribution in [2.24, 2.45) is 0 Å². The van der Waals surface area contributed by atoms with Gasteiger partial charge in [0.1, 0.15) is 5.75 Å². The number of hydrogen-bond donors (Lipinski definition) is 3. The third-order valence-electron chi connectivity index (χ3n) is 3.55. The molecule has 25 heavy (non-hydrogen) atoms. The Kier molecular flexibility index (Phi) is 5.53. The first kappa shape index (κ1) is 18.6. The standard InChI is InChI=1S/C17H17F3N2O3/c1-25-14-9-5-8-13(10-14)22-15(23)21-11-16(24,17(18,19)20)12-6-3-2-4-7-12/h2-10,24H,11H2,1H3,(H2,21,22,23)/t16-/m1/s1. The molecular weight excluding hydrogens is 337 g/mol. The van der Waals surface area contributed by atoms with E-state index in [0.717, 1.165) is 12.1 Å². The number of rotatable bonds is 5. The van der Waals surface area contributed by atoms with Gasteiger partial charge in [-0.3, -0.25) is 0 Å². The number of methoxy groups -OCH3 is 1. The topological polar surface area (TPSA) is 70.6 Å². The first-order chi connectivity index (χ1) is 11.8. The zero-order chi connectivity index (χ0) is 18.5. The van der Waals surface area contributed by atoms with Gasteiger partial charge in [-0.1, -0.05) is 36.4 Å². The number of aliphatic hydroxyl groups is 1. The summed E-state index contributed by atoms with van der Waals surface area (Å²) >= 11 is 0. The van der Waals surface area contributed by atoms with Crippen LogP contribution in [-0.4, -0.2) is 31.0 Å². The van der Waals surface area contributed by atoms with Gasteiger partial charge < -0.3 is 20.5 Å². The SMILES string of the molecule is COc1cccc(NC(=O)NC[C@@](O)(c2ccccc2)C(F)(F)F)c1. The van der Waals surface area contributed by atoms with Crippen molar-refractivity contribution in [2.45, 2.75) is 11.8 Å². The van der Waals surface area contributed by atoms with Gasteiger partial charge in [-0.05, 0) is 17.7 Å². The molecule has 2 amide bonds. The molecule has 8 heteroatoms. The lowest BCUT2D eigenvalue weighted by Crippen LogP contribution is -2.51. The van der Waals surface area contributed by atoms with E-state index in [-0.39, 0.29) is 5.56 Å². The Hall–Kier alpha value is -2.74. The lowest BCUT2D eigenvalue weighted by molar-refractivity contribution is -0.263. The van der Waals surface area contributed by atoms with Gasteiger partial charge in [0.2, 0.25) is 5.60 Å². The van der Waals surface area contributed by atoms with Crippen LogP contribution in [0.3, 0.4) is 0 Å². The molecule has 2 aromatic rings. The van der Waals surface area contributed by atoms with Gasteiger partial charge in [-0.2, -0.15) is 13.2 Å². The van der Waals surface area contributed by atoms with E-state index in [4.69, 9.17) is 4.74 Å². The molecule has 0 aromatic heterocycles. The Balaban J connectivity index is 2.09. The highest BCUT2D eigenvalue weighted by molar-refractivity contribution is 5.89. The van der Waals surface area contributed by atoms with Crippen LogP contribution in [0.2, 0.25) is 0 Å². The van der Waals surface area contributed by atoms with Crippen LogP contribution in [0, 0.1) is 0 Å². The number of alkyl halides is 3. The first-order valence-electron chi connectivity index (χ1n) is 7.30. The summed E-state index contributed by atoms with van der Waals surface area (Å²) in [4.78, 5) is 11.9. The van der Waals surface area contributed by atoms with Gasteiger partial charge in [0, 0.05) is 11.8 Å². The van der Waals surface area contributed by atoms with E-state index in [2.05, 4.69) is 10.6 Å². The smallest absolute Gasteiger partial charge is 0.423 e. The molecule has 0 aliphatic carbocycles. The molecule has 0 saturated heterocycles. The van der Waals surface area contributed by atoms with Gasteiger partial charge >= 0.3 is 12.2 Å². The summed E-state index contributed by atoms with van der Waals surface area (Å²) in [5.74, 6) is 0.480. The fraction of sp³-hybridized carbons (Fsp3) is 0.235.